The van der Waals surface area contributed by atoms with Gasteiger partial charge in [-0.25, -0.2) is 4.98 Å². The van der Waals surface area contributed by atoms with Crippen LogP contribution in [-0.2, 0) is 13.1 Å². The summed E-state index contributed by atoms with van der Waals surface area (Å²) < 4.78 is 1.94. The first-order valence-electron chi connectivity index (χ1n) is 7.07. The SMILES string of the molecule is CCNCc1nc(Cn2cc(-c3ccccc3)cn2)cs1. The lowest BCUT2D eigenvalue weighted by Gasteiger charge is -1.98. The zero-order chi connectivity index (χ0) is 14.5. The van der Waals surface area contributed by atoms with Crippen molar-refractivity contribution in [3.05, 3.63) is 58.8 Å². The highest BCUT2D eigenvalue weighted by atomic mass is 32.1. The maximum atomic E-state index is 4.62. The highest BCUT2D eigenvalue weighted by Gasteiger charge is 2.05. The molecule has 0 amide bonds. The van der Waals surface area contributed by atoms with Crippen molar-refractivity contribution in [2.75, 3.05) is 6.54 Å². The molecule has 0 bridgehead atoms. The van der Waals surface area contributed by atoms with Crippen LogP contribution in [0.1, 0.15) is 17.6 Å². The number of rotatable bonds is 6. The lowest BCUT2D eigenvalue weighted by atomic mass is 10.1. The zero-order valence-corrected chi connectivity index (χ0v) is 12.8. The van der Waals surface area contributed by atoms with Gasteiger partial charge >= 0.3 is 0 Å². The van der Waals surface area contributed by atoms with Crippen LogP contribution in [0, 0.1) is 0 Å². The van der Waals surface area contributed by atoms with Crippen LogP contribution in [0.2, 0.25) is 0 Å². The molecule has 0 unspecified atom stereocenters. The highest BCUT2D eigenvalue weighted by molar-refractivity contribution is 7.09. The van der Waals surface area contributed by atoms with Crippen LogP contribution in [0.5, 0.6) is 0 Å². The Morgan fingerprint density at radius 2 is 2.05 bits per heavy atom. The van der Waals surface area contributed by atoms with Crippen LogP contribution in [-0.4, -0.2) is 21.3 Å². The maximum absolute atomic E-state index is 4.62. The molecule has 21 heavy (non-hydrogen) atoms. The van der Waals surface area contributed by atoms with Gasteiger partial charge in [0.1, 0.15) is 5.01 Å². The Labute approximate surface area is 128 Å². The molecule has 3 aromatic rings. The largest absolute Gasteiger partial charge is 0.311 e. The predicted octanol–water partition coefficient (Wildman–Crippen LogP) is 3.16. The van der Waals surface area contributed by atoms with E-state index < -0.39 is 0 Å². The normalized spacial score (nSPS) is 10.9. The summed E-state index contributed by atoms with van der Waals surface area (Å²) in [5, 5.41) is 11.0. The van der Waals surface area contributed by atoms with Crippen molar-refractivity contribution in [1.29, 1.82) is 0 Å². The Kier molecular flexibility index (Phi) is 4.43. The van der Waals surface area contributed by atoms with E-state index in [-0.39, 0.29) is 0 Å². The van der Waals surface area contributed by atoms with Gasteiger partial charge < -0.3 is 5.32 Å². The van der Waals surface area contributed by atoms with Gasteiger partial charge in [0, 0.05) is 23.7 Å². The zero-order valence-electron chi connectivity index (χ0n) is 12.0. The van der Waals surface area contributed by atoms with Crippen molar-refractivity contribution in [2.24, 2.45) is 0 Å². The minimum atomic E-state index is 0.718. The minimum Gasteiger partial charge on any atom is -0.311 e. The Hall–Kier alpha value is -1.98. The first-order chi connectivity index (χ1) is 10.3. The lowest BCUT2D eigenvalue weighted by molar-refractivity contribution is 0.668. The molecular weight excluding hydrogens is 280 g/mol. The van der Waals surface area contributed by atoms with Gasteiger partial charge in [-0.3, -0.25) is 4.68 Å². The summed E-state index contributed by atoms with van der Waals surface area (Å²) in [6.45, 7) is 4.63. The van der Waals surface area contributed by atoms with Crippen molar-refractivity contribution in [3.8, 4) is 11.1 Å². The van der Waals surface area contributed by atoms with Crippen LogP contribution in [0.3, 0.4) is 0 Å². The number of thiazole rings is 1. The molecule has 0 radical (unpaired) electrons. The van der Waals surface area contributed by atoms with Gasteiger partial charge in [0.05, 0.1) is 18.4 Å². The highest BCUT2D eigenvalue weighted by Crippen LogP contribution is 2.18. The maximum Gasteiger partial charge on any atom is 0.107 e. The van der Waals surface area contributed by atoms with Gasteiger partial charge in [0.15, 0.2) is 0 Å². The fourth-order valence-electron chi connectivity index (χ4n) is 2.13. The molecular formula is C16H18N4S. The van der Waals surface area contributed by atoms with E-state index in [1.54, 1.807) is 11.3 Å². The van der Waals surface area contributed by atoms with Gasteiger partial charge in [0.2, 0.25) is 0 Å². The van der Waals surface area contributed by atoms with Crippen molar-refractivity contribution < 1.29 is 0 Å². The second-order valence-electron chi connectivity index (χ2n) is 4.81. The molecule has 0 saturated heterocycles. The van der Waals surface area contributed by atoms with Crippen molar-refractivity contribution in [3.63, 3.8) is 0 Å². The molecule has 2 heterocycles. The quantitative estimate of drug-likeness (QED) is 0.760. The Morgan fingerprint density at radius 1 is 1.19 bits per heavy atom. The number of aromatic nitrogens is 3. The van der Waals surface area contributed by atoms with E-state index in [4.69, 9.17) is 0 Å². The molecule has 1 N–H and O–H groups in total. The summed E-state index contributed by atoms with van der Waals surface area (Å²) >= 11 is 1.70. The van der Waals surface area contributed by atoms with Crippen molar-refractivity contribution in [1.82, 2.24) is 20.1 Å². The number of nitrogens with one attached hydrogen (secondary N) is 1. The van der Waals surface area contributed by atoms with E-state index in [0.29, 0.717) is 0 Å². The fraction of sp³-hybridized carbons (Fsp3) is 0.250. The van der Waals surface area contributed by atoms with Crippen molar-refractivity contribution >= 4 is 11.3 Å². The van der Waals surface area contributed by atoms with E-state index in [0.717, 1.165) is 35.9 Å². The number of hydrogen-bond donors (Lipinski definition) is 1. The smallest absolute Gasteiger partial charge is 0.107 e. The molecule has 0 aliphatic carbocycles. The van der Waals surface area contributed by atoms with Crippen LogP contribution in [0.4, 0.5) is 0 Å². The van der Waals surface area contributed by atoms with Gasteiger partial charge in [0.25, 0.3) is 0 Å². The molecule has 3 rings (SSSR count). The topological polar surface area (TPSA) is 42.7 Å². The molecule has 0 saturated carbocycles. The molecule has 2 aromatic heterocycles. The molecule has 0 aliphatic rings. The van der Waals surface area contributed by atoms with Crippen molar-refractivity contribution in [2.45, 2.75) is 20.0 Å². The first-order valence-corrected chi connectivity index (χ1v) is 7.95. The van der Waals surface area contributed by atoms with Gasteiger partial charge in [-0.05, 0) is 12.1 Å². The monoisotopic (exact) mass is 298 g/mol. The van der Waals surface area contributed by atoms with Crippen LogP contribution in [0.15, 0.2) is 48.1 Å². The number of hydrogen-bond acceptors (Lipinski definition) is 4. The third kappa shape index (κ3) is 3.56. The summed E-state index contributed by atoms with van der Waals surface area (Å²) in [4.78, 5) is 4.62. The summed E-state index contributed by atoms with van der Waals surface area (Å²) in [6.07, 6.45) is 3.97. The molecule has 1 aromatic carbocycles. The van der Waals surface area contributed by atoms with Crippen LogP contribution >= 0.6 is 11.3 Å². The number of nitrogens with zero attached hydrogens (tertiary/aromatic N) is 3. The second-order valence-corrected chi connectivity index (χ2v) is 5.75. The third-order valence-electron chi connectivity index (χ3n) is 3.19. The Bertz CT molecular complexity index is 687. The summed E-state index contributed by atoms with van der Waals surface area (Å²) in [6, 6.07) is 10.3. The molecule has 5 heteroatoms. The average Bonchev–Trinajstić information content (AvgIpc) is 3.16. The van der Waals surface area contributed by atoms with E-state index in [9.17, 15) is 0 Å². The minimum absolute atomic E-state index is 0.718. The first kappa shape index (κ1) is 14.0. The van der Waals surface area contributed by atoms with E-state index in [1.807, 2.05) is 29.1 Å². The van der Waals surface area contributed by atoms with Gasteiger partial charge in [-0.1, -0.05) is 37.3 Å². The van der Waals surface area contributed by atoms with Crippen LogP contribution < -0.4 is 5.32 Å². The summed E-state index contributed by atoms with van der Waals surface area (Å²) in [5.74, 6) is 0. The standard InChI is InChI=1S/C16H18N4S/c1-2-17-9-16-19-15(12-21-16)11-20-10-14(8-18-20)13-6-4-3-5-7-13/h3-8,10,12,17H,2,9,11H2,1H3. The van der Waals surface area contributed by atoms with Crippen LogP contribution in [0.25, 0.3) is 11.1 Å². The third-order valence-corrected chi connectivity index (χ3v) is 4.09. The Balaban J connectivity index is 1.68. The summed E-state index contributed by atoms with van der Waals surface area (Å²) in [5.41, 5.74) is 3.39. The molecule has 108 valence electrons. The molecule has 0 atom stereocenters. The molecule has 0 fully saturated rings. The molecule has 4 nitrogen and oxygen atoms in total. The van der Waals surface area contributed by atoms with E-state index in [2.05, 4.69) is 46.0 Å². The number of benzene rings is 1. The summed E-state index contributed by atoms with van der Waals surface area (Å²) in [7, 11) is 0. The molecule has 0 aliphatic heterocycles. The van der Waals surface area contributed by atoms with Gasteiger partial charge in [-0.2, -0.15) is 5.10 Å². The lowest BCUT2D eigenvalue weighted by Crippen LogP contribution is -2.11. The fourth-order valence-corrected chi connectivity index (χ4v) is 2.89. The Morgan fingerprint density at radius 3 is 2.86 bits per heavy atom. The predicted molar refractivity (Wildman–Crippen MR) is 86.3 cm³/mol. The van der Waals surface area contributed by atoms with E-state index >= 15 is 0 Å². The second kappa shape index (κ2) is 6.65. The van der Waals surface area contributed by atoms with Gasteiger partial charge in [-0.15, -0.1) is 11.3 Å². The average molecular weight is 298 g/mol. The van der Waals surface area contributed by atoms with E-state index in [1.165, 1.54) is 5.56 Å². The molecule has 0 spiro atoms.